The van der Waals surface area contributed by atoms with Gasteiger partial charge in [0.2, 0.25) is 0 Å². The Kier molecular flexibility index (Phi) is 3.05. The molecule has 2 N–H and O–H groups in total. The molecular weight excluding hydrogens is 236 g/mol. The van der Waals surface area contributed by atoms with Gasteiger partial charge in [0.15, 0.2) is 5.69 Å². The standard InChI is InChI=1S/C11H10N4O3/c1-15-6-9(13-14-15)10(16)12-8-4-2-3-7(5-8)11(17)18/h2-6H,1H3,(H,12,16)(H,17,18). The van der Waals surface area contributed by atoms with Gasteiger partial charge in [0.1, 0.15) is 0 Å². The average molecular weight is 246 g/mol. The lowest BCUT2D eigenvalue weighted by atomic mass is 10.2. The van der Waals surface area contributed by atoms with Crippen LogP contribution >= 0.6 is 0 Å². The minimum Gasteiger partial charge on any atom is -0.478 e. The van der Waals surface area contributed by atoms with Crippen molar-refractivity contribution in [2.24, 2.45) is 7.05 Å². The lowest BCUT2D eigenvalue weighted by molar-refractivity contribution is 0.0696. The van der Waals surface area contributed by atoms with Crippen molar-refractivity contribution in [2.45, 2.75) is 0 Å². The summed E-state index contributed by atoms with van der Waals surface area (Å²) in [4.78, 5) is 22.5. The van der Waals surface area contributed by atoms with E-state index in [-0.39, 0.29) is 11.3 Å². The number of aromatic nitrogens is 3. The van der Waals surface area contributed by atoms with Crippen LogP contribution in [0.4, 0.5) is 5.69 Å². The highest BCUT2D eigenvalue weighted by molar-refractivity contribution is 6.03. The minimum absolute atomic E-state index is 0.104. The second kappa shape index (κ2) is 4.66. The van der Waals surface area contributed by atoms with Crippen molar-refractivity contribution in [3.8, 4) is 0 Å². The molecule has 0 radical (unpaired) electrons. The number of amides is 1. The number of rotatable bonds is 3. The van der Waals surface area contributed by atoms with Gasteiger partial charge in [-0.05, 0) is 18.2 Å². The predicted molar refractivity (Wildman–Crippen MR) is 62.4 cm³/mol. The Morgan fingerprint density at radius 3 is 2.78 bits per heavy atom. The molecular formula is C11H10N4O3. The summed E-state index contributed by atoms with van der Waals surface area (Å²) in [7, 11) is 1.65. The monoisotopic (exact) mass is 246 g/mol. The van der Waals surface area contributed by atoms with Crippen LogP contribution in [0.15, 0.2) is 30.5 Å². The molecule has 1 aromatic heterocycles. The maximum atomic E-state index is 11.7. The fourth-order valence-electron chi connectivity index (χ4n) is 1.38. The third kappa shape index (κ3) is 2.51. The van der Waals surface area contributed by atoms with Crippen molar-refractivity contribution in [1.29, 1.82) is 0 Å². The van der Waals surface area contributed by atoms with E-state index in [4.69, 9.17) is 5.11 Å². The van der Waals surface area contributed by atoms with Gasteiger partial charge in [0.05, 0.1) is 11.8 Å². The molecule has 18 heavy (non-hydrogen) atoms. The molecule has 2 rings (SSSR count). The number of carbonyl (C=O) groups excluding carboxylic acids is 1. The minimum atomic E-state index is -1.05. The van der Waals surface area contributed by atoms with Crippen LogP contribution in [0.2, 0.25) is 0 Å². The van der Waals surface area contributed by atoms with Crippen LogP contribution in [-0.4, -0.2) is 32.0 Å². The van der Waals surface area contributed by atoms with Crippen LogP contribution in [0.5, 0.6) is 0 Å². The van der Waals surface area contributed by atoms with Gasteiger partial charge >= 0.3 is 5.97 Å². The van der Waals surface area contributed by atoms with Gasteiger partial charge in [-0.1, -0.05) is 11.3 Å². The maximum Gasteiger partial charge on any atom is 0.335 e. The summed E-state index contributed by atoms with van der Waals surface area (Å²) in [6.07, 6.45) is 1.47. The Labute approximate surface area is 102 Å². The SMILES string of the molecule is Cn1cc(C(=O)Nc2cccc(C(=O)O)c2)nn1. The summed E-state index contributed by atoms with van der Waals surface area (Å²) in [5.41, 5.74) is 0.663. The zero-order valence-corrected chi connectivity index (χ0v) is 9.49. The largest absolute Gasteiger partial charge is 0.478 e. The Hall–Kier alpha value is -2.70. The number of aromatic carboxylic acids is 1. The molecule has 0 saturated carbocycles. The van der Waals surface area contributed by atoms with E-state index in [9.17, 15) is 9.59 Å². The lowest BCUT2D eigenvalue weighted by Crippen LogP contribution is -2.12. The third-order valence-corrected chi connectivity index (χ3v) is 2.20. The Bertz CT molecular complexity index is 606. The van der Waals surface area contributed by atoms with Gasteiger partial charge in [0.25, 0.3) is 5.91 Å². The molecule has 7 nitrogen and oxygen atoms in total. The lowest BCUT2D eigenvalue weighted by Gasteiger charge is -2.03. The van der Waals surface area contributed by atoms with Gasteiger partial charge < -0.3 is 10.4 Å². The van der Waals surface area contributed by atoms with E-state index in [0.29, 0.717) is 5.69 Å². The number of benzene rings is 1. The average Bonchev–Trinajstić information content (AvgIpc) is 2.76. The highest BCUT2D eigenvalue weighted by Crippen LogP contribution is 2.11. The molecule has 0 fully saturated rings. The number of carboxylic acids is 1. The van der Waals surface area contributed by atoms with Crippen LogP contribution in [0.1, 0.15) is 20.8 Å². The van der Waals surface area contributed by atoms with Crippen LogP contribution in [0.25, 0.3) is 0 Å². The number of hydrogen-bond donors (Lipinski definition) is 2. The molecule has 0 aliphatic carbocycles. The quantitative estimate of drug-likeness (QED) is 0.833. The summed E-state index contributed by atoms with van der Waals surface area (Å²) >= 11 is 0. The zero-order valence-electron chi connectivity index (χ0n) is 9.49. The van der Waals surface area contributed by atoms with Gasteiger partial charge in [-0.3, -0.25) is 9.48 Å². The first-order chi connectivity index (χ1) is 8.56. The van der Waals surface area contributed by atoms with Crippen molar-refractivity contribution in [3.63, 3.8) is 0 Å². The molecule has 1 amide bonds. The highest BCUT2D eigenvalue weighted by Gasteiger charge is 2.11. The fraction of sp³-hybridized carbons (Fsp3) is 0.0909. The Morgan fingerprint density at radius 2 is 2.17 bits per heavy atom. The molecule has 0 atom stereocenters. The van der Waals surface area contributed by atoms with Crippen molar-refractivity contribution in [3.05, 3.63) is 41.7 Å². The number of nitrogens with zero attached hydrogens (tertiary/aromatic N) is 3. The molecule has 1 heterocycles. The first-order valence-electron chi connectivity index (χ1n) is 5.07. The van der Waals surface area contributed by atoms with E-state index in [1.54, 1.807) is 19.2 Å². The summed E-state index contributed by atoms with van der Waals surface area (Å²) in [5.74, 6) is -1.49. The van der Waals surface area contributed by atoms with Gasteiger partial charge in [-0.15, -0.1) is 5.10 Å². The van der Waals surface area contributed by atoms with Gasteiger partial charge in [-0.25, -0.2) is 4.79 Å². The topological polar surface area (TPSA) is 97.1 Å². The number of aryl methyl sites for hydroxylation is 1. The Balaban J connectivity index is 2.16. The molecule has 0 aliphatic heterocycles. The Morgan fingerprint density at radius 1 is 1.39 bits per heavy atom. The van der Waals surface area contributed by atoms with E-state index in [1.165, 1.54) is 23.0 Å². The summed E-state index contributed by atoms with van der Waals surface area (Å²) < 4.78 is 1.41. The number of carbonyl (C=O) groups is 2. The van der Waals surface area contributed by atoms with E-state index >= 15 is 0 Å². The fourth-order valence-corrected chi connectivity index (χ4v) is 1.38. The number of hydrogen-bond acceptors (Lipinski definition) is 4. The smallest absolute Gasteiger partial charge is 0.335 e. The molecule has 1 aromatic carbocycles. The van der Waals surface area contributed by atoms with E-state index < -0.39 is 11.9 Å². The first-order valence-corrected chi connectivity index (χ1v) is 5.07. The van der Waals surface area contributed by atoms with Crippen molar-refractivity contribution in [1.82, 2.24) is 15.0 Å². The normalized spacial score (nSPS) is 10.1. The molecule has 2 aromatic rings. The second-order valence-corrected chi connectivity index (χ2v) is 3.62. The van der Waals surface area contributed by atoms with Gasteiger partial charge in [-0.2, -0.15) is 0 Å². The van der Waals surface area contributed by atoms with E-state index in [0.717, 1.165) is 0 Å². The highest BCUT2D eigenvalue weighted by atomic mass is 16.4. The van der Waals surface area contributed by atoms with Crippen molar-refractivity contribution in [2.75, 3.05) is 5.32 Å². The molecule has 92 valence electrons. The van der Waals surface area contributed by atoms with E-state index in [1.807, 2.05) is 0 Å². The predicted octanol–water partition coefficient (Wildman–Crippen LogP) is 0.766. The number of nitrogens with one attached hydrogen (secondary N) is 1. The third-order valence-electron chi connectivity index (χ3n) is 2.20. The molecule has 0 spiro atoms. The van der Waals surface area contributed by atoms with Crippen molar-refractivity contribution >= 4 is 17.6 Å². The summed E-state index contributed by atoms with van der Waals surface area (Å²) in [6, 6.07) is 5.97. The molecule has 0 saturated heterocycles. The van der Waals surface area contributed by atoms with Gasteiger partial charge in [0, 0.05) is 12.7 Å². The number of anilines is 1. The summed E-state index contributed by atoms with van der Waals surface area (Å²) in [5, 5.41) is 18.7. The summed E-state index contributed by atoms with van der Waals surface area (Å²) in [6.45, 7) is 0. The second-order valence-electron chi connectivity index (χ2n) is 3.62. The molecule has 0 bridgehead atoms. The van der Waals surface area contributed by atoms with Crippen molar-refractivity contribution < 1.29 is 14.7 Å². The molecule has 0 unspecified atom stereocenters. The van der Waals surface area contributed by atoms with Crippen LogP contribution in [0.3, 0.4) is 0 Å². The van der Waals surface area contributed by atoms with Crippen LogP contribution < -0.4 is 5.32 Å². The first kappa shape index (κ1) is 11.8. The van der Waals surface area contributed by atoms with Crippen LogP contribution in [-0.2, 0) is 7.05 Å². The van der Waals surface area contributed by atoms with E-state index in [2.05, 4.69) is 15.6 Å². The zero-order chi connectivity index (χ0) is 13.1. The number of carboxylic acid groups (broad SMARTS) is 1. The maximum absolute atomic E-state index is 11.7. The van der Waals surface area contributed by atoms with Crippen LogP contribution in [0, 0.1) is 0 Å². The molecule has 7 heteroatoms. The molecule has 0 aliphatic rings.